The van der Waals surface area contributed by atoms with Crippen molar-refractivity contribution in [3.8, 4) is 11.5 Å². The lowest BCUT2D eigenvalue weighted by Gasteiger charge is -2.24. The van der Waals surface area contributed by atoms with Crippen molar-refractivity contribution in [3.05, 3.63) is 58.6 Å². The monoisotopic (exact) mass is 419 g/mol. The molecule has 0 aliphatic rings. The Labute approximate surface area is 176 Å². The first kappa shape index (κ1) is 22.6. The van der Waals surface area contributed by atoms with E-state index >= 15 is 0 Å². The van der Waals surface area contributed by atoms with Crippen molar-refractivity contribution in [3.63, 3.8) is 0 Å². The molecule has 29 heavy (non-hydrogen) atoms. The van der Waals surface area contributed by atoms with Crippen LogP contribution in [0.5, 0.6) is 11.5 Å². The fourth-order valence-electron chi connectivity index (χ4n) is 2.37. The van der Waals surface area contributed by atoms with Crippen molar-refractivity contribution in [2.45, 2.75) is 39.3 Å². The molecular weight excluding hydrogens is 394 g/mol. The normalized spacial score (nSPS) is 10.9. The molecule has 0 heterocycles. The van der Waals surface area contributed by atoms with Gasteiger partial charge in [0.15, 0.2) is 18.1 Å². The summed E-state index contributed by atoms with van der Waals surface area (Å²) >= 11 is 5.88. The second-order valence-electron chi connectivity index (χ2n) is 7.14. The Kier molecular flexibility index (Phi) is 7.91. The molecule has 0 aromatic heterocycles. The van der Waals surface area contributed by atoms with Gasteiger partial charge in [0.1, 0.15) is 6.61 Å². The highest BCUT2D eigenvalue weighted by atomic mass is 35.5. The molecule has 2 aromatic rings. The number of methoxy groups -OCH3 is 1. The average Bonchev–Trinajstić information content (AvgIpc) is 2.71. The molecule has 156 valence electrons. The zero-order valence-electron chi connectivity index (χ0n) is 17.1. The van der Waals surface area contributed by atoms with Gasteiger partial charge in [-0.15, -0.1) is 0 Å². The van der Waals surface area contributed by atoms with Crippen LogP contribution in [0.25, 0.3) is 0 Å². The third kappa shape index (κ3) is 6.98. The van der Waals surface area contributed by atoms with Crippen LogP contribution in [0.1, 0.15) is 43.1 Å². The summed E-state index contributed by atoms with van der Waals surface area (Å²) in [5.41, 5.74) is 0.861. The van der Waals surface area contributed by atoms with E-state index in [1.807, 2.05) is 32.9 Å². The Morgan fingerprint density at radius 1 is 1.07 bits per heavy atom. The Hall–Kier alpha value is -2.73. The summed E-state index contributed by atoms with van der Waals surface area (Å²) in [7, 11) is 1.49. The second kappa shape index (κ2) is 10.2. The number of rotatable bonds is 9. The highest BCUT2D eigenvalue weighted by Crippen LogP contribution is 2.29. The lowest BCUT2D eigenvalue weighted by molar-refractivity contribution is -0.125. The fourth-order valence-corrected chi connectivity index (χ4v) is 2.50. The van der Waals surface area contributed by atoms with Gasteiger partial charge in [0.2, 0.25) is 0 Å². The Bertz CT molecular complexity index is 849. The van der Waals surface area contributed by atoms with Crippen molar-refractivity contribution in [2.24, 2.45) is 0 Å². The van der Waals surface area contributed by atoms with Crippen LogP contribution in [0, 0.1) is 0 Å². The van der Waals surface area contributed by atoms with Crippen molar-refractivity contribution < 1.29 is 23.8 Å². The molecule has 0 radical (unpaired) electrons. The predicted molar refractivity (Wildman–Crippen MR) is 112 cm³/mol. The highest BCUT2D eigenvalue weighted by molar-refractivity contribution is 6.30. The Balaban J connectivity index is 1.97. The predicted octanol–water partition coefficient (Wildman–Crippen LogP) is 4.39. The summed E-state index contributed by atoms with van der Waals surface area (Å²) in [5, 5.41) is 3.46. The van der Waals surface area contributed by atoms with E-state index in [2.05, 4.69) is 5.32 Å². The lowest BCUT2D eigenvalue weighted by atomic mass is 10.0. The minimum atomic E-state index is -0.614. The number of hydrogen-bond donors (Lipinski definition) is 1. The molecule has 1 amide bonds. The molecule has 2 rings (SSSR count). The van der Waals surface area contributed by atoms with Crippen LogP contribution in [0.2, 0.25) is 5.02 Å². The summed E-state index contributed by atoms with van der Waals surface area (Å²) in [5.74, 6) is -0.0801. The number of esters is 1. The van der Waals surface area contributed by atoms with Gasteiger partial charge in [0, 0.05) is 10.6 Å². The van der Waals surface area contributed by atoms with E-state index in [-0.39, 0.29) is 23.6 Å². The maximum absolute atomic E-state index is 12.3. The molecule has 7 heteroatoms. The minimum Gasteiger partial charge on any atom is -0.493 e. The van der Waals surface area contributed by atoms with E-state index in [4.69, 9.17) is 25.8 Å². The minimum absolute atomic E-state index is 0.267. The van der Waals surface area contributed by atoms with E-state index < -0.39 is 5.97 Å². The summed E-state index contributed by atoms with van der Waals surface area (Å²) in [6, 6.07) is 12.0. The molecule has 1 N–H and O–H groups in total. The summed E-state index contributed by atoms with van der Waals surface area (Å²) in [6.45, 7) is 5.75. The summed E-state index contributed by atoms with van der Waals surface area (Å²) < 4.78 is 16.2. The van der Waals surface area contributed by atoms with Crippen LogP contribution < -0.4 is 14.8 Å². The SMILES string of the molecule is CCC(C)(C)NC(=O)COC(=O)c1ccc(OCc2ccc(Cl)cc2)c(OC)c1. The van der Waals surface area contributed by atoms with Gasteiger partial charge in [-0.3, -0.25) is 4.79 Å². The molecule has 0 unspecified atom stereocenters. The quantitative estimate of drug-likeness (QED) is 0.610. The van der Waals surface area contributed by atoms with Crippen LogP contribution in [-0.4, -0.2) is 31.1 Å². The molecular formula is C22H26ClNO5. The number of halogens is 1. The van der Waals surface area contributed by atoms with E-state index in [0.717, 1.165) is 12.0 Å². The number of nitrogens with one attached hydrogen (secondary N) is 1. The molecule has 0 fully saturated rings. The molecule has 0 saturated heterocycles. The van der Waals surface area contributed by atoms with Gasteiger partial charge >= 0.3 is 5.97 Å². The van der Waals surface area contributed by atoms with Crippen molar-refractivity contribution in [1.29, 1.82) is 0 Å². The number of ether oxygens (including phenoxy) is 3. The van der Waals surface area contributed by atoms with Gasteiger partial charge < -0.3 is 19.5 Å². The first-order chi connectivity index (χ1) is 13.7. The molecule has 0 atom stereocenters. The number of carbonyl (C=O) groups is 2. The molecule has 0 bridgehead atoms. The van der Waals surface area contributed by atoms with Crippen LogP contribution in [0.15, 0.2) is 42.5 Å². The van der Waals surface area contributed by atoms with Crippen molar-refractivity contribution in [2.75, 3.05) is 13.7 Å². The van der Waals surface area contributed by atoms with E-state index in [0.29, 0.717) is 23.1 Å². The molecule has 0 saturated carbocycles. The van der Waals surface area contributed by atoms with Gasteiger partial charge in [-0.25, -0.2) is 4.79 Å². The fraction of sp³-hybridized carbons (Fsp3) is 0.364. The molecule has 0 aliphatic carbocycles. The standard InChI is InChI=1S/C22H26ClNO5/c1-5-22(2,3)24-20(25)14-29-21(26)16-8-11-18(19(12-16)27-4)28-13-15-6-9-17(23)10-7-15/h6-12H,5,13-14H2,1-4H3,(H,24,25). The van der Waals surface area contributed by atoms with Crippen LogP contribution in [0.3, 0.4) is 0 Å². The smallest absolute Gasteiger partial charge is 0.338 e. The first-order valence-corrected chi connectivity index (χ1v) is 9.65. The maximum atomic E-state index is 12.3. The zero-order valence-corrected chi connectivity index (χ0v) is 17.8. The number of carbonyl (C=O) groups excluding carboxylic acids is 2. The van der Waals surface area contributed by atoms with Gasteiger partial charge in [-0.2, -0.15) is 0 Å². The number of amides is 1. The number of benzene rings is 2. The van der Waals surface area contributed by atoms with Crippen LogP contribution in [-0.2, 0) is 16.1 Å². The van der Waals surface area contributed by atoms with E-state index in [1.54, 1.807) is 24.3 Å². The highest BCUT2D eigenvalue weighted by Gasteiger charge is 2.19. The maximum Gasteiger partial charge on any atom is 0.338 e. The molecule has 2 aromatic carbocycles. The zero-order chi connectivity index (χ0) is 21.4. The lowest BCUT2D eigenvalue weighted by Crippen LogP contribution is -2.44. The van der Waals surface area contributed by atoms with E-state index in [9.17, 15) is 9.59 Å². The Morgan fingerprint density at radius 3 is 2.38 bits per heavy atom. The topological polar surface area (TPSA) is 73.9 Å². The van der Waals surface area contributed by atoms with Crippen molar-refractivity contribution in [1.82, 2.24) is 5.32 Å². The third-order valence-electron chi connectivity index (χ3n) is 4.40. The third-order valence-corrected chi connectivity index (χ3v) is 4.65. The molecule has 0 aliphatic heterocycles. The molecule has 0 spiro atoms. The second-order valence-corrected chi connectivity index (χ2v) is 7.58. The van der Waals surface area contributed by atoms with Crippen LogP contribution in [0.4, 0.5) is 0 Å². The van der Waals surface area contributed by atoms with Gasteiger partial charge in [-0.05, 0) is 56.2 Å². The van der Waals surface area contributed by atoms with Crippen molar-refractivity contribution >= 4 is 23.5 Å². The van der Waals surface area contributed by atoms with Gasteiger partial charge in [-0.1, -0.05) is 30.7 Å². The van der Waals surface area contributed by atoms with Gasteiger partial charge in [0.05, 0.1) is 12.7 Å². The summed E-state index contributed by atoms with van der Waals surface area (Å²) in [4.78, 5) is 24.2. The van der Waals surface area contributed by atoms with Gasteiger partial charge in [0.25, 0.3) is 5.91 Å². The molecule has 6 nitrogen and oxygen atoms in total. The average molecular weight is 420 g/mol. The first-order valence-electron chi connectivity index (χ1n) is 9.27. The number of hydrogen-bond acceptors (Lipinski definition) is 5. The van der Waals surface area contributed by atoms with E-state index in [1.165, 1.54) is 13.2 Å². The Morgan fingerprint density at radius 2 is 1.76 bits per heavy atom. The summed E-state index contributed by atoms with van der Waals surface area (Å²) in [6.07, 6.45) is 0.765. The largest absolute Gasteiger partial charge is 0.493 e. The van der Waals surface area contributed by atoms with Crippen LogP contribution >= 0.6 is 11.6 Å².